The van der Waals surface area contributed by atoms with E-state index >= 15 is 0 Å². The molecular weight excluding hydrogens is 2570 g/mol. The molecule has 18 radical (unpaired) electrons. The van der Waals surface area contributed by atoms with Crippen LogP contribution in [-0.2, 0) is 253 Å². The molecule has 6 unspecified atom stereocenters. The van der Waals surface area contributed by atoms with Gasteiger partial charge in [-0.25, -0.2) is 0 Å². The number of carbonyl (C=O) groups is 6. The van der Waals surface area contributed by atoms with Crippen LogP contribution in [0.25, 0.3) is 0 Å². The Balaban J connectivity index is -0.0000000820. The number of carbonyl (C=O) groups excluding carboxylic acids is 6. The average molecular weight is 2640 g/mol. The SMILES string of the molecule is [B]C1C[CH-]C(CO)O1.[B]C1C[CH-]C([CH2-])O1.[B]C1C[CH-]C([CH2-])O1.[B]CC(=O)N(C[CH2-])CC(=O)NCCN(CC(=O)NCCN(CC(=O)NCCCCCCO)C(=O)C[B])C(=O)C[B].[PH]=[W].[PH]=[W].[PH]=[W].[U].[U].[U].[V].[V].[V].[Y].[Y].[Y]. The van der Waals surface area contributed by atoms with E-state index in [0.717, 1.165) is 43.4 Å². The third-order valence-electron chi connectivity index (χ3n) is 8.79. The number of nitrogens with one attached hydrogen (secondary N) is 3. The molecule has 0 aliphatic carbocycles. The van der Waals surface area contributed by atoms with Gasteiger partial charge in [-0.15, -0.1) is 6.54 Å². The average Bonchev–Trinajstić information content (AvgIpc) is 4.08. The molecule has 0 aromatic heterocycles. The van der Waals surface area contributed by atoms with E-state index in [0.29, 0.717) is 13.0 Å². The molecule has 6 atom stereocenters. The summed E-state index contributed by atoms with van der Waals surface area (Å²) < 4.78 is 14.9. The quantitative estimate of drug-likeness (QED) is 0.0355. The van der Waals surface area contributed by atoms with E-state index in [2.05, 4.69) is 57.3 Å². The van der Waals surface area contributed by atoms with Crippen LogP contribution in [0.2, 0.25) is 19.0 Å². The van der Waals surface area contributed by atoms with E-state index < -0.39 is 29.5 Å². The summed E-state index contributed by atoms with van der Waals surface area (Å²) in [6, 6.07) is -0.378. The van der Waals surface area contributed by atoms with Crippen LogP contribution < -0.4 is 16.0 Å². The molecule has 0 spiro atoms. The number of rotatable bonds is 23. The van der Waals surface area contributed by atoms with Crippen LogP contribution in [0.3, 0.4) is 0 Å². The summed E-state index contributed by atoms with van der Waals surface area (Å²) >= 11 is 4.17. The number of ether oxygens (including phenoxy) is 3. The van der Waals surface area contributed by atoms with Crippen LogP contribution in [0.15, 0.2) is 0 Å². The standard InChI is InChI=1S/C24H40B3N6O7.C5H8BO2.2C5H7BO.3HP.3U.3V.3W.3Y/c1-2-31(22(38)13-25)16-19(35)29-8-10-33(24(40)15-27)18-21(37)30-9-11-32(23(39)14-26)17-20(36)28-7-5-3-4-6-12-34;6-5-2-1-4(3-7)8-5;2*1-4-2-3-5(6)7-4;;;;;;;;;;;;;;;/h34H,1-18H2,(H,28,36)(H,29,35)(H,30,37);1,4-5,7H,2-3H2;2*2,4-5H,1,3H2;3*1H;;;;;;;;;;;;/q2*-1;2*-2;;;;;;;;;;;;;;;. The normalized spacial score (nSPS) is 17.1. The summed E-state index contributed by atoms with van der Waals surface area (Å²) in [6.07, 6.45) is 10.4. The molecule has 77 heavy (non-hydrogen) atoms. The number of nitrogens with zero attached hydrogens (tertiary/aromatic N) is 3. The summed E-state index contributed by atoms with van der Waals surface area (Å²) in [4.78, 5) is 76.3. The fourth-order valence-electron chi connectivity index (χ4n) is 5.41. The minimum Gasteiger partial charge on any atom is 0 e. The van der Waals surface area contributed by atoms with Crippen molar-refractivity contribution in [1.82, 2.24) is 30.7 Å². The van der Waals surface area contributed by atoms with Gasteiger partial charge in [0.15, 0.2) is 0 Å². The molecule has 0 bridgehead atoms. The van der Waals surface area contributed by atoms with E-state index in [1.54, 1.807) is 0 Å². The predicted octanol–water partition coefficient (Wildman–Crippen LogP) is -1.19. The molecule has 6 amide bonds. The predicted molar refractivity (Wildman–Crippen MR) is 264 cm³/mol. The minimum absolute atomic E-state index is 0. The van der Waals surface area contributed by atoms with E-state index in [1.807, 2.05) is 19.3 Å². The molecular formula is C39H65B6N6O11P3U3V3W3Y3-6. The zero-order valence-corrected chi connectivity index (χ0v) is 80.3. The summed E-state index contributed by atoms with van der Waals surface area (Å²) in [6.45, 7) is 19.9. The maximum atomic E-state index is 12.4. The van der Waals surface area contributed by atoms with Gasteiger partial charge in [0.2, 0.25) is 35.4 Å². The van der Waals surface area contributed by atoms with Gasteiger partial charge in [-0.3, -0.25) is 35.2 Å². The van der Waals surface area contributed by atoms with Crippen LogP contribution in [-0.4, -0.2) is 216 Å². The zero-order chi connectivity index (χ0) is 52.9. The van der Waals surface area contributed by atoms with Crippen molar-refractivity contribution in [3.63, 3.8) is 0 Å². The molecule has 38 heteroatoms. The van der Waals surface area contributed by atoms with Crippen LogP contribution >= 0.6 is 20.6 Å². The Labute approximate surface area is 690 Å². The minimum atomic E-state index is -0.530. The monoisotopic (exact) mass is 2640 g/mol. The molecule has 5 N–H and O–H groups in total. The number of aliphatic hydroxyl groups excluding tert-OH is 2. The van der Waals surface area contributed by atoms with Gasteiger partial charge in [0.25, 0.3) is 0 Å². The smallest absolute Gasteiger partial charge is 0 e. The van der Waals surface area contributed by atoms with Crippen molar-refractivity contribution in [2.24, 2.45) is 0 Å². The zero-order valence-electron chi connectivity index (χ0n) is 43.3. The third kappa shape index (κ3) is 71.5. The van der Waals surface area contributed by atoms with Crippen molar-refractivity contribution < 1.29 is 357 Å². The van der Waals surface area contributed by atoms with Crippen molar-refractivity contribution in [3.8, 4) is 0 Å². The summed E-state index contributed by atoms with van der Waals surface area (Å²) in [5, 5.41) is 25.1. The first-order chi connectivity index (χ1) is 32.5. The Morgan fingerprint density at radius 2 is 0.857 bits per heavy atom. The molecule has 0 saturated carbocycles. The fraction of sp³-hybridized carbons (Fsp3) is 0.692. The van der Waals surface area contributed by atoms with Crippen molar-refractivity contribution >= 4 is 103 Å². The summed E-state index contributed by atoms with van der Waals surface area (Å²) in [7, 11) is 32.2. The molecule has 3 aliphatic rings. The van der Waals surface area contributed by atoms with Crippen molar-refractivity contribution in [3.05, 3.63) is 40.0 Å². The molecule has 3 rings (SSSR count). The Morgan fingerprint density at radius 3 is 1.10 bits per heavy atom. The van der Waals surface area contributed by atoms with Gasteiger partial charge in [0.1, 0.15) is 23.5 Å². The van der Waals surface area contributed by atoms with Crippen LogP contribution in [0, 0.1) is 133 Å². The van der Waals surface area contributed by atoms with E-state index in [9.17, 15) is 28.8 Å². The molecule has 410 valence electrons. The maximum absolute atomic E-state index is 12.4. The Bertz CT molecular complexity index is 1390. The van der Waals surface area contributed by atoms with Crippen LogP contribution in [0.5, 0.6) is 0 Å². The topological polar surface area (TPSA) is 216 Å². The second-order valence-corrected chi connectivity index (χ2v) is 14.0. The van der Waals surface area contributed by atoms with Gasteiger partial charge >= 0.3 is 77.0 Å². The second-order valence-electron chi connectivity index (χ2n) is 14.0. The molecule has 3 heterocycles. The molecule has 3 fully saturated rings. The van der Waals surface area contributed by atoms with Crippen molar-refractivity contribution in [2.75, 3.05) is 72.1 Å². The second kappa shape index (κ2) is 84.2. The van der Waals surface area contributed by atoms with Crippen molar-refractivity contribution in [1.29, 1.82) is 0 Å². The van der Waals surface area contributed by atoms with Gasteiger partial charge in [0.05, 0.1) is 43.2 Å². The third-order valence-corrected chi connectivity index (χ3v) is 8.79. The largest absolute Gasteiger partial charge is 0 e. The number of hydrogen-bond acceptors (Lipinski definition) is 11. The van der Waals surface area contributed by atoms with Gasteiger partial charge < -0.3 is 88.7 Å². The summed E-state index contributed by atoms with van der Waals surface area (Å²) in [5.41, 5.74) is 0. The maximum Gasteiger partial charge on any atom is 0 e. The number of unbranched alkanes of at least 4 members (excludes halogenated alkanes) is 3. The Hall–Kier alpha value is 8.20. The van der Waals surface area contributed by atoms with Gasteiger partial charge in [-0.1, -0.05) is 12.8 Å². The molecule has 0 aromatic carbocycles. The molecule has 3 saturated heterocycles. The first kappa shape index (κ1) is 116. The Kier molecular flexibility index (Phi) is 127. The van der Waals surface area contributed by atoms with E-state index in [1.165, 1.54) is 66.2 Å². The van der Waals surface area contributed by atoms with E-state index in [4.69, 9.17) is 71.5 Å². The summed E-state index contributed by atoms with van der Waals surface area (Å²) in [5.74, 6) is -2.78. The fourth-order valence-corrected chi connectivity index (χ4v) is 5.41. The van der Waals surface area contributed by atoms with Crippen molar-refractivity contribution in [2.45, 2.75) is 100 Å². The Morgan fingerprint density at radius 1 is 0.545 bits per heavy atom. The molecule has 17 nitrogen and oxygen atoms in total. The van der Waals surface area contributed by atoms with Gasteiger partial charge in [-0.2, -0.15) is 31.5 Å². The van der Waals surface area contributed by atoms with Crippen LogP contribution in [0.1, 0.15) is 44.9 Å². The van der Waals surface area contributed by atoms with Gasteiger partial charge in [0, 0.05) is 293 Å². The van der Waals surface area contributed by atoms with Gasteiger partial charge in [-0.05, 0) is 55.9 Å². The number of hydrogen-bond donors (Lipinski definition) is 5. The first-order valence-electron chi connectivity index (χ1n) is 21.3. The molecule has 3 aliphatic heterocycles. The molecule has 0 aromatic rings. The first-order valence-corrected chi connectivity index (χ1v) is 35.7. The number of amides is 6. The number of aliphatic hydroxyl groups is 2. The van der Waals surface area contributed by atoms with E-state index in [-0.39, 0.29) is 374 Å². The van der Waals surface area contributed by atoms with Crippen LogP contribution in [0.4, 0.5) is 0 Å².